The molecule has 1 saturated heterocycles. The topological polar surface area (TPSA) is 32.8 Å². The van der Waals surface area contributed by atoms with Gasteiger partial charge in [-0.2, -0.15) is 0 Å². The van der Waals surface area contributed by atoms with Gasteiger partial charge in [0.25, 0.3) is 5.91 Å². The number of hydrogen-bond acceptors (Lipinski definition) is 3. The highest BCUT2D eigenvalue weighted by atomic mass is 16.5. The van der Waals surface area contributed by atoms with E-state index < -0.39 is 0 Å². The Morgan fingerprint density at radius 2 is 1.96 bits per heavy atom. The number of anilines is 1. The molecule has 2 aromatic carbocycles. The average Bonchev–Trinajstić information content (AvgIpc) is 3.01. The van der Waals surface area contributed by atoms with Gasteiger partial charge in [0.05, 0.1) is 6.61 Å². The fourth-order valence-corrected chi connectivity index (χ4v) is 4.51. The van der Waals surface area contributed by atoms with E-state index in [0.717, 1.165) is 56.0 Å². The summed E-state index contributed by atoms with van der Waals surface area (Å²) in [7, 11) is 2.17. The molecule has 1 fully saturated rings. The molecule has 2 atom stereocenters. The molecule has 0 saturated carbocycles. The molecular formula is C24H30N2O2. The Morgan fingerprint density at radius 1 is 1.18 bits per heavy atom. The number of ether oxygens (including phenoxy) is 1. The van der Waals surface area contributed by atoms with E-state index in [4.69, 9.17) is 4.74 Å². The van der Waals surface area contributed by atoms with Crippen molar-refractivity contribution in [1.29, 1.82) is 0 Å². The summed E-state index contributed by atoms with van der Waals surface area (Å²) in [6.07, 6.45) is 3.17. The van der Waals surface area contributed by atoms with Gasteiger partial charge in [0.2, 0.25) is 0 Å². The van der Waals surface area contributed by atoms with Crippen molar-refractivity contribution < 1.29 is 9.53 Å². The number of carbonyl (C=O) groups is 1. The number of hydrogen-bond donors (Lipinski definition) is 0. The van der Waals surface area contributed by atoms with E-state index in [9.17, 15) is 4.79 Å². The number of benzene rings is 2. The molecule has 28 heavy (non-hydrogen) atoms. The van der Waals surface area contributed by atoms with Gasteiger partial charge in [0, 0.05) is 29.8 Å². The third-order valence-corrected chi connectivity index (χ3v) is 6.04. The number of nitrogens with zero attached hydrogens (tertiary/aromatic N) is 2. The van der Waals surface area contributed by atoms with Crippen LogP contribution in [0, 0.1) is 6.92 Å². The molecule has 0 bridgehead atoms. The van der Waals surface area contributed by atoms with E-state index in [1.165, 1.54) is 11.1 Å². The molecule has 0 spiro atoms. The quantitative estimate of drug-likeness (QED) is 0.712. The van der Waals surface area contributed by atoms with Crippen LogP contribution in [0.5, 0.6) is 5.75 Å². The minimum Gasteiger partial charge on any atom is -0.494 e. The number of fused-ring (bicyclic) bond motifs is 3. The lowest BCUT2D eigenvalue weighted by Crippen LogP contribution is -2.47. The highest BCUT2D eigenvalue weighted by Crippen LogP contribution is 2.45. The van der Waals surface area contributed by atoms with Crippen molar-refractivity contribution in [2.45, 2.75) is 45.1 Å². The summed E-state index contributed by atoms with van der Waals surface area (Å²) in [5, 5.41) is 0. The first-order chi connectivity index (χ1) is 13.6. The number of amides is 1. The Balaban J connectivity index is 1.60. The van der Waals surface area contributed by atoms with Crippen LogP contribution in [0.25, 0.3) is 0 Å². The van der Waals surface area contributed by atoms with Crippen LogP contribution in [-0.4, -0.2) is 43.6 Å². The lowest BCUT2D eigenvalue weighted by atomic mass is 9.88. The Hall–Kier alpha value is -2.33. The maximum absolute atomic E-state index is 13.5. The van der Waals surface area contributed by atoms with Gasteiger partial charge < -0.3 is 14.5 Å². The fraction of sp³-hybridized carbons (Fsp3) is 0.458. The lowest BCUT2D eigenvalue weighted by Gasteiger charge is -2.36. The number of likely N-dealkylation sites (N-methyl/N-ethyl adjacent to an activating group) is 1. The van der Waals surface area contributed by atoms with Crippen LogP contribution in [0.15, 0.2) is 42.5 Å². The fourth-order valence-electron chi connectivity index (χ4n) is 4.51. The summed E-state index contributed by atoms with van der Waals surface area (Å²) in [6.45, 7) is 7.04. The molecule has 0 N–H and O–H groups in total. The molecule has 148 valence electrons. The number of likely N-dealkylation sites (tertiary alicyclic amines) is 1. The SMILES string of the molecule is CCCCOc1ccc(C(=O)N2c3ccc(C)cc3[C@@H]3CN(C)CC[C@H]32)cc1. The second-order valence-electron chi connectivity index (χ2n) is 8.19. The van der Waals surface area contributed by atoms with Crippen molar-refractivity contribution in [3.63, 3.8) is 0 Å². The third-order valence-electron chi connectivity index (χ3n) is 6.04. The van der Waals surface area contributed by atoms with Crippen molar-refractivity contribution in [2.75, 3.05) is 31.6 Å². The van der Waals surface area contributed by atoms with Crippen LogP contribution < -0.4 is 9.64 Å². The molecule has 4 heteroatoms. The molecule has 1 amide bonds. The highest BCUT2D eigenvalue weighted by Gasteiger charge is 2.44. The molecule has 0 radical (unpaired) electrons. The largest absolute Gasteiger partial charge is 0.494 e. The van der Waals surface area contributed by atoms with E-state index in [-0.39, 0.29) is 11.9 Å². The van der Waals surface area contributed by atoms with Gasteiger partial charge in [0.1, 0.15) is 5.75 Å². The summed E-state index contributed by atoms with van der Waals surface area (Å²) in [5.74, 6) is 1.33. The van der Waals surface area contributed by atoms with Gasteiger partial charge in [-0.1, -0.05) is 31.0 Å². The second kappa shape index (κ2) is 7.96. The molecule has 2 aromatic rings. The smallest absolute Gasteiger partial charge is 0.258 e. The van der Waals surface area contributed by atoms with Crippen molar-refractivity contribution >= 4 is 11.6 Å². The maximum Gasteiger partial charge on any atom is 0.258 e. The lowest BCUT2D eigenvalue weighted by molar-refractivity contribution is 0.0964. The number of aryl methyl sites for hydroxylation is 1. The number of unbranched alkanes of at least 4 members (excludes halogenated alkanes) is 1. The monoisotopic (exact) mass is 378 g/mol. The molecule has 2 heterocycles. The van der Waals surface area contributed by atoms with Crippen molar-refractivity contribution in [2.24, 2.45) is 0 Å². The second-order valence-corrected chi connectivity index (χ2v) is 8.19. The van der Waals surface area contributed by atoms with Gasteiger partial charge in [0.15, 0.2) is 0 Å². The summed E-state index contributed by atoms with van der Waals surface area (Å²) >= 11 is 0. The first kappa shape index (κ1) is 19.0. The average molecular weight is 379 g/mol. The van der Waals surface area contributed by atoms with E-state index in [1.54, 1.807) is 0 Å². The summed E-state index contributed by atoms with van der Waals surface area (Å²) in [6, 6.07) is 14.4. The molecule has 4 nitrogen and oxygen atoms in total. The Morgan fingerprint density at radius 3 is 2.71 bits per heavy atom. The standard InChI is InChI=1S/C24H30N2O2/c1-4-5-14-28-19-9-7-18(8-10-19)24(27)26-22-11-6-17(2)15-20(22)21-16-25(3)13-12-23(21)26/h6-11,15,21,23H,4-5,12-14,16H2,1-3H3/t21-,23+/m0/s1. The van der Waals surface area contributed by atoms with Gasteiger partial charge in [-0.25, -0.2) is 0 Å². The summed E-state index contributed by atoms with van der Waals surface area (Å²) in [4.78, 5) is 17.9. The van der Waals surface area contributed by atoms with Crippen molar-refractivity contribution in [3.05, 3.63) is 59.2 Å². The predicted molar refractivity (Wildman–Crippen MR) is 113 cm³/mol. The zero-order chi connectivity index (χ0) is 19.7. The highest BCUT2D eigenvalue weighted by molar-refractivity contribution is 6.08. The van der Waals surface area contributed by atoms with E-state index in [1.807, 2.05) is 24.3 Å². The van der Waals surface area contributed by atoms with Crippen LogP contribution >= 0.6 is 0 Å². The Kier molecular flexibility index (Phi) is 5.40. The zero-order valence-electron chi connectivity index (χ0n) is 17.1. The molecule has 4 rings (SSSR count). The Labute approximate surface area is 168 Å². The number of carbonyl (C=O) groups excluding carboxylic acids is 1. The van der Waals surface area contributed by atoms with Crippen LogP contribution in [0.1, 0.15) is 53.6 Å². The first-order valence-corrected chi connectivity index (χ1v) is 10.4. The molecule has 2 aliphatic heterocycles. The Bertz CT molecular complexity index is 846. The first-order valence-electron chi connectivity index (χ1n) is 10.4. The van der Waals surface area contributed by atoms with Crippen LogP contribution in [0.2, 0.25) is 0 Å². The van der Waals surface area contributed by atoms with Gasteiger partial charge in [-0.05, 0) is 69.3 Å². The summed E-state index contributed by atoms with van der Waals surface area (Å²) < 4.78 is 5.74. The number of rotatable bonds is 5. The van der Waals surface area contributed by atoms with Crippen molar-refractivity contribution in [3.8, 4) is 5.75 Å². The molecule has 0 unspecified atom stereocenters. The van der Waals surface area contributed by atoms with E-state index in [0.29, 0.717) is 5.92 Å². The molecule has 2 aliphatic rings. The minimum absolute atomic E-state index is 0.0993. The van der Waals surface area contributed by atoms with E-state index in [2.05, 4.69) is 48.9 Å². The predicted octanol–water partition coefficient (Wildman–Crippen LogP) is 4.62. The molecular weight excluding hydrogens is 348 g/mol. The van der Waals surface area contributed by atoms with Crippen molar-refractivity contribution in [1.82, 2.24) is 4.90 Å². The van der Waals surface area contributed by atoms with Gasteiger partial charge in [-0.3, -0.25) is 4.79 Å². The summed E-state index contributed by atoms with van der Waals surface area (Å²) in [5.41, 5.74) is 4.40. The van der Waals surface area contributed by atoms with Gasteiger partial charge >= 0.3 is 0 Å². The van der Waals surface area contributed by atoms with Crippen LogP contribution in [0.4, 0.5) is 5.69 Å². The zero-order valence-corrected chi connectivity index (χ0v) is 17.1. The maximum atomic E-state index is 13.5. The van der Waals surface area contributed by atoms with E-state index >= 15 is 0 Å². The normalized spacial score (nSPS) is 21.3. The molecule has 0 aliphatic carbocycles. The number of piperidine rings is 1. The minimum atomic E-state index is 0.0993. The van der Waals surface area contributed by atoms with Crippen LogP contribution in [-0.2, 0) is 0 Å². The molecule has 0 aromatic heterocycles. The van der Waals surface area contributed by atoms with Gasteiger partial charge in [-0.15, -0.1) is 0 Å². The third kappa shape index (κ3) is 3.53. The van der Waals surface area contributed by atoms with Crippen LogP contribution in [0.3, 0.4) is 0 Å².